The van der Waals surface area contributed by atoms with Crippen molar-refractivity contribution >= 4 is 0 Å². The summed E-state index contributed by atoms with van der Waals surface area (Å²) < 4.78 is 11.2. The fraction of sp³-hybridized carbons (Fsp3) is 0.941. The largest absolute Gasteiger partial charge is 1.00 e. The average molecular weight is 385 g/mol. The first kappa shape index (κ1) is 23.6. The van der Waals surface area contributed by atoms with E-state index >= 15 is 0 Å². The Morgan fingerprint density at radius 3 is 1.91 bits per heavy atom. The van der Waals surface area contributed by atoms with E-state index in [2.05, 4.69) is 23.8 Å². The molecule has 0 amide bonds. The van der Waals surface area contributed by atoms with Gasteiger partial charge in [0.25, 0.3) is 0 Å². The fourth-order valence-electron chi connectivity index (χ4n) is 2.63. The van der Waals surface area contributed by atoms with Crippen LogP contribution in [0.4, 0.5) is 0 Å². The van der Waals surface area contributed by atoms with E-state index in [0.29, 0.717) is 13.2 Å². The van der Waals surface area contributed by atoms with Gasteiger partial charge >= 0.3 is 58.2 Å². The van der Waals surface area contributed by atoms with E-state index in [1.54, 1.807) is 0 Å². The molecule has 1 rings (SSSR count). The van der Waals surface area contributed by atoms with Crippen molar-refractivity contribution in [2.24, 2.45) is 0 Å². The van der Waals surface area contributed by atoms with Crippen molar-refractivity contribution in [1.29, 1.82) is 0 Å². The molecule has 0 bridgehead atoms. The number of rotatable bonds is 1. The molecule has 126 valence electrons. The van der Waals surface area contributed by atoms with Crippen LogP contribution < -0.4 is 58.2 Å². The normalized spacial score (nSPS) is 23.2. The molecule has 1 fully saturated rings. The van der Waals surface area contributed by atoms with Crippen LogP contribution in [-0.2, 0) is 9.47 Å². The molecule has 0 aromatic heterocycles. The molecule has 1 heterocycles. The molecule has 22 heavy (non-hydrogen) atoms. The van der Waals surface area contributed by atoms with Gasteiger partial charge in [-0.05, 0) is 39.0 Å². The maximum absolute atomic E-state index is 5.64. The molecule has 0 radical (unpaired) electrons. The summed E-state index contributed by atoms with van der Waals surface area (Å²) in [5.41, 5.74) is 0. The van der Waals surface area contributed by atoms with Crippen LogP contribution in [0, 0.1) is 7.05 Å². The summed E-state index contributed by atoms with van der Waals surface area (Å²) in [7, 11) is 4.06. The Balaban J connectivity index is 0.00000441. The predicted molar refractivity (Wildman–Crippen MR) is 88.4 cm³/mol. The van der Waals surface area contributed by atoms with Crippen LogP contribution in [0.25, 0.3) is 0 Å². The third-order valence-electron chi connectivity index (χ3n) is 4.12. The Morgan fingerprint density at radius 2 is 1.27 bits per heavy atom. The second-order valence-electron chi connectivity index (χ2n) is 5.90. The maximum Gasteiger partial charge on any atom is 1.00 e. The van der Waals surface area contributed by atoms with Gasteiger partial charge in [-0.1, -0.05) is 32.6 Å². The molecule has 0 aromatic rings. The first-order valence-electron chi connectivity index (χ1n) is 8.76. The van der Waals surface area contributed by atoms with E-state index in [1.165, 1.54) is 45.1 Å². The van der Waals surface area contributed by atoms with E-state index < -0.39 is 0 Å². The van der Waals surface area contributed by atoms with Crippen molar-refractivity contribution in [3.05, 3.63) is 7.05 Å². The SMILES string of the molecule is [CH2-]N1CCCCCCCCN(CC)CCOCCOCC1.[Rb+]. The van der Waals surface area contributed by atoms with E-state index in [-0.39, 0.29) is 58.2 Å². The van der Waals surface area contributed by atoms with Gasteiger partial charge in [-0.3, -0.25) is 7.05 Å². The minimum atomic E-state index is 0. The van der Waals surface area contributed by atoms with Gasteiger partial charge < -0.3 is 19.3 Å². The Bertz CT molecular complexity index is 213. The summed E-state index contributed by atoms with van der Waals surface area (Å²) in [5.74, 6) is 0. The van der Waals surface area contributed by atoms with Crippen molar-refractivity contribution in [3.63, 3.8) is 0 Å². The zero-order chi connectivity index (χ0) is 15.2. The summed E-state index contributed by atoms with van der Waals surface area (Å²) in [6.07, 6.45) is 8.00. The molecule has 0 spiro atoms. The molecule has 1 aliphatic heterocycles. The number of nitrogens with zero attached hydrogens (tertiary/aromatic N) is 2. The standard InChI is InChI=1S/C17H35N2O2.Rb/c1-3-19-11-9-7-5-4-6-8-10-18(2)12-14-20-16-17-21-15-13-19;/h2-17H2,1H3;/q-1;+1. The number of hydrogen-bond acceptors (Lipinski definition) is 4. The van der Waals surface area contributed by atoms with Gasteiger partial charge in [0.2, 0.25) is 0 Å². The van der Waals surface area contributed by atoms with Crippen molar-refractivity contribution < 1.29 is 67.7 Å². The van der Waals surface area contributed by atoms with Crippen molar-refractivity contribution in [3.8, 4) is 0 Å². The summed E-state index contributed by atoms with van der Waals surface area (Å²) >= 11 is 0. The van der Waals surface area contributed by atoms with Crippen LogP contribution in [0.2, 0.25) is 0 Å². The van der Waals surface area contributed by atoms with Gasteiger partial charge in [-0.2, -0.15) is 0 Å². The minimum Gasteiger partial charge on any atom is -0.457 e. The molecule has 0 aliphatic carbocycles. The monoisotopic (exact) mass is 384 g/mol. The minimum absolute atomic E-state index is 0. The van der Waals surface area contributed by atoms with Crippen molar-refractivity contribution in [1.82, 2.24) is 9.80 Å². The summed E-state index contributed by atoms with van der Waals surface area (Å²) in [6.45, 7) is 10.6. The van der Waals surface area contributed by atoms with Crippen LogP contribution in [0.15, 0.2) is 0 Å². The molecule has 5 heteroatoms. The summed E-state index contributed by atoms with van der Waals surface area (Å²) in [5, 5.41) is 0. The van der Waals surface area contributed by atoms with Crippen LogP contribution in [0.3, 0.4) is 0 Å². The van der Waals surface area contributed by atoms with Crippen LogP contribution >= 0.6 is 0 Å². The van der Waals surface area contributed by atoms with E-state index in [4.69, 9.17) is 9.47 Å². The van der Waals surface area contributed by atoms with Crippen LogP contribution in [0.5, 0.6) is 0 Å². The molecule has 0 atom stereocenters. The molecule has 0 saturated carbocycles. The van der Waals surface area contributed by atoms with E-state index in [1.807, 2.05) is 0 Å². The molecule has 0 unspecified atom stereocenters. The average Bonchev–Trinajstić information content (AvgIpc) is 2.49. The number of ether oxygens (including phenoxy) is 2. The topological polar surface area (TPSA) is 24.9 Å². The Hall–Kier alpha value is 1.65. The number of likely N-dealkylation sites (N-methyl/N-ethyl adjacent to an activating group) is 1. The van der Waals surface area contributed by atoms with Crippen molar-refractivity contribution in [2.75, 3.05) is 59.2 Å². The van der Waals surface area contributed by atoms with Gasteiger partial charge in [0.15, 0.2) is 0 Å². The number of hydrogen-bond donors (Lipinski definition) is 0. The van der Waals surface area contributed by atoms with Crippen LogP contribution in [0.1, 0.15) is 45.4 Å². The molecule has 0 aromatic carbocycles. The van der Waals surface area contributed by atoms with E-state index in [9.17, 15) is 0 Å². The maximum atomic E-state index is 5.64. The summed E-state index contributed by atoms with van der Waals surface area (Å²) in [6, 6.07) is 0. The Morgan fingerprint density at radius 1 is 0.727 bits per heavy atom. The fourth-order valence-corrected chi connectivity index (χ4v) is 2.63. The van der Waals surface area contributed by atoms with Gasteiger partial charge in [0.1, 0.15) is 0 Å². The van der Waals surface area contributed by atoms with Gasteiger partial charge in [-0.15, -0.1) is 0 Å². The second-order valence-corrected chi connectivity index (χ2v) is 5.90. The Labute approximate surface area is 187 Å². The predicted octanol–water partition coefficient (Wildman–Crippen LogP) is -0.207. The molecular weight excluding hydrogens is 350 g/mol. The van der Waals surface area contributed by atoms with Crippen LogP contribution in [-0.4, -0.2) is 69.0 Å². The van der Waals surface area contributed by atoms with Gasteiger partial charge in [-0.25, -0.2) is 0 Å². The second kappa shape index (κ2) is 17.5. The van der Waals surface area contributed by atoms with E-state index in [0.717, 1.165) is 39.4 Å². The first-order chi connectivity index (χ1) is 10.3. The molecule has 1 aliphatic rings. The van der Waals surface area contributed by atoms with Gasteiger partial charge in [0.05, 0.1) is 26.4 Å². The first-order valence-corrected chi connectivity index (χ1v) is 8.76. The molecule has 4 nitrogen and oxygen atoms in total. The quantitative estimate of drug-likeness (QED) is 0.584. The third kappa shape index (κ3) is 14.0. The Kier molecular flexibility index (Phi) is 18.8. The third-order valence-corrected chi connectivity index (χ3v) is 4.12. The molecule has 0 N–H and O–H groups in total. The zero-order valence-corrected chi connectivity index (χ0v) is 19.9. The smallest absolute Gasteiger partial charge is 0.457 e. The zero-order valence-electron chi connectivity index (χ0n) is 15.0. The van der Waals surface area contributed by atoms with Crippen molar-refractivity contribution in [2.45, 2.75) is 45.4 Å². The molecule has 1 saturated heterocycles. The summed E-state index contributed by atoms with van der Waals surface area (Å²) in [4.78, 5) is 4.62. The molecular formula is C17H35N2O2Rb. The van der Waals surface area contributed by atoms with Gasteiger partial charge in [0, 0.05) is 6.54 Å².